The number of nitrogens with zero attached hydrogens (tertiary/aromatic N) is 2. The van der Waals surface area contributed by atoms with E-state index in [1.807, 2.05) is 25.7 Å². The summed E-state index contributed by atoms with van der Waals surface area (Å²) in [6, 6.07) is 5.86. The molecule has 41 heavy (non-hydrogen) atoms. The minimum absolute atomic E-state index is 0.00596. The molecule has 224 valence electrons. The minimum Gasteiger partial charge on any atom is -0.370 e. The third-order valence-corrected chi connectivity index (χ3v) is 8.23. The van der Waals surface area contributed by atoms with Gasteiger partial charge in [0.1, 0.15) is 12.6 Å². The molecule has 2 fully saturated rings. The zero-order chi connectivity index (χ0) is 29.9. The number of thiophene rings is 1. The van der Waals surface area contributed by atoms with Crippen molar-refractivity contribution in [3.05, 3.63) is 45.1 Å². The molecule has 1 aromatic heterocycles. The Balaban J connectivity index is 1.61. The first-order valence-corrected chi connectivity index (χ1v) is 14.6. The molecule has 0 spiro atoms. The molecule has 0 unspecified atom stereocenters. The van der Waals surface area contributed by atoms with E-state index in [0.29, 0.717) is 15.8 Å². The summed E-state index contributed by atoms with van der Waals surface area (Å²) in [4.78, 5) is 42.3. The average molecular weight is 615 g/mol. The molecule has 4 rings (SSSR count). The van der Waals surface area contributed by atoms with Crippen molar-refractivity contribution in [1.82, 2.24) is 10.2 Å². The second-order valence-electron chi connectivity index (χ2n) is 11.5. The number of carbonyl (C=O) groups is 3. The van der Waals surface area contributed by atoms with E-state index in [1.54, 1.807) is 12.1 Å². The molecule has 1 aliphatic heterocycles. The second-order valence-corrected chi connectivity index (χ2v) is 13.2. The van der Waals surface area contributed by atoms with Gasteiger partial charge in [-0.25, -0.2) is 0 Å². The van der Waals surface area contributed by atoms with E-state index in [2.05, 4.69) is 10.6 Å². The van der Waals surface area contributed by atoms with Crippen LogP contribution in [0.15, 0.2) is 30.3 Å². The van der Waals surface area contributed by atoms with Gasteiger partial charge >= 0.3 is 6.18 Å². The van der Waals surface area contributed by atoms with Crippen LogP contribution < -0.4 is 15.5 Å². The highest BCUT2D eigenvalue weighted by Gasteiger charge is 2.39. The van der Waals surface area contributed by atoms with Crippen molar-refractivity contribution < 1.29 is 32.3 Å². The molecule has 1 aromatic carbocycles. The molecular formula is C28H34ClF3N4O4S. The van der Waals surface area contributed by atoms with Crippen molar-refractivity contribution in [3.8, 4) is 0 Å². The van der Waals surface area contributed by atoms with Gasteiger partial charge in [0.25, 0.3) is 11.8 Å². The molecule has 3 amide bonds. The van der Waals surface area contributed by atoms with Crippen molar-refractivity contribution in [1.29, 1.82) is 0 Å². The summed E-state index contributed by atoms with van der Waals surface area (Å²) in [5, 5.41) is 5.47. The van der Waals surface area contributed by atoms with Crippen LogP contribution in [0.4, 0.5) is 24.5 Å². The number of benzene rings is 1. The number of anilines is 2. The Kier molecular flexibility index (Phi) is 9.67. The van der Waals surface area contributed by atoms with Crippen molar-refractivity contribution in [3.63, 3.8) is 0 Å². The van der Waals surface area contributed by atoms with E-state index in [-0.39, 0.29) is 55.0 Å². The maximum Gasteiger partial charge on any atom is 0.418 e. The fourth-order valence-electron chi connectivity index (χ4n) is 4.91. The molecule has 13 heteroatoms. The Bertz CT molecular complexity index is 1280. The SMILES string of the molecule is CC(C)(C)CN(C1CCC1)[C@H](CNC(=O)c1ccc(Cl)s1)C(=O)Nc1ccc(N2CCOCC2=O)c(C(F)(F)F)c1. The van der Waals surface area contributed by atoms with Crippen LogP contribution in [0.2, 0.25) is 4.34 Å². The first-order valence-electron chi connectivity index (χ1n) is 13.4. The van der Waals surface area contributed by atoms with E-state index in [9.17, 15) is 27.6 Å². The summed E-state index contributed by atoms with van der Waals surface area (Å²) in [6.45, 7) is 6.45. The first kappa shape index (κ1) is 31.3. The van der Waals surface area contributed by atoms with E-state index < -0.39 is 29.6 Å². The monoisotopic (exact) mass is 614 g/mol. The van der Waals surface area contributed by atoms with Crippen molar-refractivity contribution in [2.24, 2.45) is 5.41 Å². The van der Waals surface area contributed by atoms with E-state index >= 15 is 0 Å². The third kappa shape index (κ3) is 8.00. The van der Waals surface area contributed by atoms with Crippen LogP contribution in [-0.4, -0.2) is 67.6 Å². The van der Waals surface area contributed by atoms with Crippen molar-refractivity contribution >= 4 is 52.0 Å². The van der Waals surface area contributed by atoms with Crippen LogP contribution in [-0.2, 0) is 20.5 Å². The fourth-order valence-corrected chi connectivity index (χ4v) is 5.87. The molecule has 1 aliphatic carbocycles. The largest absolute Gasteiger partial charge is 0.418 e. The predicted octanol–water partition coefficient (Wildman–Crippen LogP) is 5.42. The van der Waals surface area contributed by atoms with Gasteiger partial charge in [0, 0.05) is 31.4 Å². The lowest BCUT2D eigenvalue weighted by atomic mass is 9.86. The standard InChI is InChI=1S/C28H34ClF3N4O4S/c1-27(2,3)16-36(18-5-4-6-18)21(14-33-26(39)22-9-10-23(29)41-22)25(38)34-17-7-8-20(19(13-17)28(30,31)32)35-11-12-40-15-24(35)37/h7-10,13,18,21H,4-6,11-12,14-16H2,1-3H3,(H,33,39)(H,34,38)/t21-/m1/s1. The summed E-state index contributed by atoms with van der Waals surface area (Å²) < 4.78 is 47.8. The van der Waals surface area contributed by atoms with Crippen LogP contribution in [0.25, 0.3) is 0 Å². The van der Waals surface area contributed by atoms with Gasteiger partial charge in [-0.05, 0) is 48.6 Å². The number of morpholine rings is 1. The second kappa shape index (κ2) is 12.7. The number of carbonyl (C=O) groups excluding carboxylic acids is 3. The molecule has 8 nitrogen and oxygen atoms in total. The normalized spacial score (nSPS) is 17.4. The maximum atomic E-state index is 14.1. The van der Waals surface area contributed by atoms with E-state index in [0.717, 1.165) is 41.6 Å². The predicted molar refractivity (Wildman–Crippen MR) is 152 cm³/mol. The van der Waals surface area contributed by atoms with Crippen LogP contribution in [0.1, 0.15) is 55.3 Å². The zero-order valence-electron chi connectivity index (χ0n) is 23.1. The lowest BCUT2D eigenvalue weighted by Gasteiger charge is -2.44. The van der Waals surface area contributed by atoms with Crippen LogP contribution in [0.3, 0.4) is 0 Å². The molecule has 2 heterocycles. The first-order chi connectivity index (χ1) is 19.2. The van der Waals surface area contributed by atoms with Crippen molar-refractivity contribution in [2.75, 3.05) is 43.1 Å². The number of ether oxygens (including phenoxy) is 1. The topological polar surface area (TPSA) is 91.0 Å². The molecule has 2 aromatic rings. The van der Waals surface area contributed by atoms with Gasteiger partial charge in [-0.2, -0.15) is 13.2 Å². The van der Waals surface area contributed by atoms with Gasteiger partial charge in [-0.15, -0.1) is 11.3 Å². The minimum atomic E-state index is -4.77. The lowest BCUT2D eigenvalue weighted by Crippen LogP contribution is -2.58. The van der Waals surface area contributed by atoms with Crippen LogP contribution >= 0.6 is 22.9 Å². The molecule has 2 N–H and O–H groups in total. The van der Waals surface area contributed by atoms with E-state index in [4.69, 9.17) is 16.3 Å². The molecule has 2 aliphatic rings. The van der Waals surface area contributed by atoms with Gasteiger partial charge in [0.15, 0.2) is 0 Å². The highest BCUT2D eigenvalue weighted by molar-refractivity contribution is 7.18. The summed E-state index contributed by atoms with van der Waals surface area (Å²) in [6.07, 6.45) is -1.99. The van der Waals surface area contributed by atoms with Gasteiger partial charge in [0.2, 0.25) is 5.91 Å². The van der Waals surface area contributed by atoms with Crippen LogP contribution in [0.5, 0.6) is 0 Å². The molecule has 0 bridgehead atoms. The van der Waals surface area contributed by atoms with Crippen molar-refractivity contribution in [2.45, 2.75) is 58.3 Å². The van der Waals surface area contributed by atoms with Gasteiger partial charge in [-0.3, -0.25) is 19.3 Å². The number of rotatable bonds is 9. The highest BCUT2D eigenvalue weighted by atomic mass is 35.5. The number of nitrogens with one attached hydrogen (secondary N) is 2. The quantitative estimate of drug-likeness (QED) is 0.394. The lowest BCUT2D eigenvalue weighted by molar-refractivity contribution is -0.137. The fraction of sp³-hybridized carbons (Fsp3) is 0.536. The Hall–Kier alpha value is -2.67. The average Bonchev–Trinajstić information content (AvgIpc) is 3.28. The summed E-state index contributed by atoms with van der Waals surface area (Å²) >= 11 is 7.08. The summed E-state index contributed by atoms with van der Waals surface area (Å²) in [5.41, 5.74) is -1.56. The smallest absolute Gasteiger partial charge is 0.370 e. The number of alkyl halides is 3. The number of hydrogen-bond donors (Lipinski definition) is 2. The number of hydrogen-bond acceptors (Lipinski definition) is 6. The van der Waals surface area contributed by atoms with Gasteiger partial charge in [0.05, 0.1) is 27.1 Å². The third-order valence-electron chi connectivity index (χ3n) is 7.00. The maximum absolute atomic E-state index is 14.1. The van der Waals surface area contributed by atoms with Crippen LogP contribution in [0, 0.1) is 5.41 Å². The summed E-state index contributed by atoms with van der Waals surface area (Å²) in [7, 11) is 0. The highest BCUT2D eigenvalue weighted by Crippen LogP contribution is 2.39. The Morgan fingerprint density at radius 1 is 1.20 bits per heavy atom. The van der Waals surface area contributed by atoms with Gasteiger partial charge < -0.3 is 20.3 Å². The molecular weight excluding hydrogens is 581 g/mol. The molecule has 1 saturated heterocycles. The Morgan fingerprint density at radius 3 is 2.49 bits per heavy atom. The number of halogens is 4. The molecule has 1 saturated carbocycles. The molecule has 1 atom stereocenters. The zero-order valence-corrected chi connectivity index (χ0v) is 24.7. The Labute approximate surface area is 246 Å². The Morgan fingerprint density at radius 2 is 1.93 bits per heavy atom. The molecule has 0 radical (unpaired) electrons. The van der Waals surface area contributed by atoms with Gasteiger partial charge in [-0.1, -0.05) is 38.8 Å². The van der Waals surface area contributed by atoms with E-state index in [1.165, 1.54) is 12.1 Å². The number of amides is 3. The summed E-state index contributed by atoms with van der Waals surface area (Å²) in [5.74, 6) is -1.49.